The van der Waals surface area contributed by atoms with Crippen LogP contribution in [-0.2, 0) is 14.1 Å². The third-order valence-electron chi connectivity index (χ3n) is 4.70. The molecule has 1 aliphatic rings. The lowest BCUT2D eigenvalue weighted by atomic mass is 9.84. The fourth-order valence-electron chi connectivity index (χ4n) is 3.40. The second-order valence-corrected chi connectivity index (χ2v) is 7.12. The Hall–Kier alpha value is -2.91. The van der Waals surface area contributed by atoms with Crippen LogP contribution in [0.1, 0.15) is 22.6 Å². The summed E-state index contributed by atoms with van der Waals surface area (Å²) in [6.07, 6.45) is 0. The number of halogens is 1. The molecule has 0 spiro atoms. The molecule has 27 heavy (non-hydrogen) atoms. The predicted molar refractivity (Wildman–Crippen MR) is 105 cm³/mol. The normalized spacial score (nSPS) is 15.0. The van der Waals surface area contributed by atoms with E-state index < -0.39 is 22.7 Å². The molecule has 3 N–H and O–H groups in total. The highest BCUT2D eigenvalue weighted by Crippen LogP contribution is 2.40. The van der Waals surface area contributed by atoms with Crippen molar-refractivity contribution in [2.45, 2.75) is 5.92 Å². The number of hydrogen-bond donors (Lipinski definition) is 3. The lowest BCUT2D eigenvalue weighted by Gasteiger charge is -2.29. The van der Waals surface area contributed by atoms with Crippen molar-refractivity contribution in [2.75, 3.05) is 5.32 Å². The summed E-state index contributed by atoms with van der Waals surface area (Å²) in [6, 6.07) is 6.86. The summed E-state index contributed by atoms with van der Waals surface area (Å²) in [5, 5.41) is 3.52. The Kier molecular flexibility index (Phi) is 3.93. The Morgan fingerprint density at radius 1 is 1.00 bits per heavy atom. The van der Waals surface area contributed by atoms with Gasteiger partial charge in [0.25, 0.3) is 11.1 Å². The zero-order valence-corrected chi connectivity index (χ0v) is 15.9. The standard InChI is InChI=1S/C17H14ClN5O3S/c1-22-13-11(15(25)23(2)17(22)26)9(7-3-5-8(18)6-4-7)10-12(19-13)20-16(27)21-14(10)24/h3-6,9H,1-2H3,(H3,19,20,21,24,27). The van der Waals surface area contributed by atoms with E-state index in [1.54, 1.807) is 31.3 Å². The molecular formula is C17H14ClN5O3S. The molecule has 0 radical (unpaired) electrons. The van der Waals surface area contributed by atoms with Crippen molar-refractivity contribution < 1.29 is 0 Å². The molecule has 3 aromatic rings. The van der Waals surface area contributed by atoms with Gasteiger partial charge in [-0.05, 0) is 29.9 Å². The van der Waals surface area contributed by atoms with Crippen LogP contribution in [0.2, 0.25) is 5.02 Å². The quantitative estimate of drug-likeness (QED) is 0.420. The number of benzene rings is 1. The third-order valence-corrected chi connectivity index (χ3v) is 5.16. The second-order valence-electron chi connectivity index (χ2n) is 6.27. The summed E-state index contributed by atoms with van der Waals surface area (Å²) < 4.78 is 2.49. The van der Waals surface area contributed by atoms with Crippen molar-refractivity contribution in [3.05, 3.63) is 81.9 Å². The van der Waals surface area contributed by atoms with Crippen LogP contribution < -0.4 is 22.1 Å². The molecule has 10 heteroatoms. The molecule has 1 aliphatic heterocycles. The Balaban J connectivity index is 2.17. The molecule has 1 aromatic carbocycles. The molecule has 0 aliphatic carbocycles. The van der Waals surface area contributed by atoms with Crippen LogP contribution in [0, 0.1) is 4.77 Å². The molecule has 0 saturated carbocycles. The van der Waals surface area contributed by atoms with Crippen LogP contribution in [-0.4, -0.2) is 19.1 Å². The van der Waals surface area contributed by atoms with E-state index in [4.69, 9.17) is 23.8 Å². The maximum atomic E-state index is 13.0. The number of aromatic amines is 2. The van der Waals surface area contributed by atoms with Gasteiger partial charge in [0, 0.05) is 19.1 Å². The molecule has 2 aromatic heterocycles. The van der Waals surface area contributed by atoms with Gasteiger partial charge < -0.3 is 10.3 Å². The van der Waals surface area contributed by atoms with E-state index in [1.165, 1.54) is 11.6 Å². The zero-order valence-electron chi connectivity index (χ0n) is 14.3. The molecule has 0 saturated heterocycles. The van der Waals surface area contributed by atoms with Gasteiger partial charge in [-0.2, -0.15) is 0 Å². The lowest BCUT2D eigenvalue weighted by molar-refractivity contribution is 0.664. The fourth-order valence-corrected chi connectivity index (χ4v) is 3.72. The van der Waals surface area contributed by atoms with E-state index in [0.29, 0.717) is 33.3 Å². The van der Waals surface area contributed by atoms with Crippen molar-refractivity contribution in [3.63, 3.8) is 0 Å². The SMILES string of the molecule is Cn1c2c(c(=O)n(C)c1=O)C(c1ccc(Cl)cc1)c1c([nH]c(=S)[nH]c1=O)N2. The molecule has 0 bridgehead atoms. The zero-order chi connectivity index (χ0) is 19.5. The summed E-state index contributed by atoms with van der Waals surface area (Å²) in [4.78, 5) is 43.5. The molecule has 1 atom stereocenters. The van der Waals surface area contributed by atoms with Crippen LogP contribution in [0.3, 0.4) is 0 Å². The number of fused-ring (bicyclic) bond motifs is 2. The van der Waals surface area contributed by atoms with Gasteiger partial charge in [0.2, 0.25) is 0 Å². The van der Waals surface area contributed by atoms with Gasteiger partial charge in [0.15, 0.2) is 4.77 Å². The van der Waals surface area contributed by atoms with Gasteiger partial charge in [-0.25, -0.2) is 4.79 Å². The first-order chi connectivity index (χ1) is 12.8. The number of H-pyrrole nitrogens is 2. The fraction of sp³-hybridized carbons (Fsp3) is 0.176. The predicted octanol–water partition coefficient (Wildman–Crippen LogP) is 1.72. The van der Waals surface area contributed by atoms with Crippen LogP contribution >= 0.6 is 23.8 Å². The highest BCUT2D eigenvalue weighted by atomic mass is 35.5. The molecular weight excluding hydrogens is 390 g/mol. The second kappa shape index (κ2) is 6.07. The summed E-state index contributed by atoms with van der Waals surface area (Å²) >= 11 is 11.1. The number of anilines is 2. The van der Waals surface area contributed by atoms with Crippen molar-refractivity contribution in [3.8, 4) is 0 Å². The Labute approximate surface area is 162 Å². The maximum Gasteiger partial charge on any atom is 0.332 e. The molecule has 1 unspecified atom stereocenters. The Morgan fingerprint density at radius 3 is 2.33 bits per heavy atom. The summed E-state index contributed by atoms with van der Waals surface area (Å²) in [6.45, 7) is 0. The van der Waals surface area contributed by atoms with Crippen molar-refractivity contribution >= 4 is 35.5 Å². The third kappa shape index (κ3) is 2.58. The highest BCUT2D eigenvalue weighted by Gasteiger charge is 2.35. The number of nitrogens with zero attached hydrogens (tertiary/aromatic N) is 2. The van der Waals surface area contributed by atoms with Gasteiger partial charge in [-0.1, -0.05) is 23.7 Å². The van der Waals surface area contributed by atoms with Crippen LogP contribution in [0.25, 0.3) is 0 Å². The van der Waals surface area contributed by atoms with Gasteiger partial charge in [0.1, 0.15) is 11.6 Å². The van der Waals surface area contributed by atoms with E-state index in [-0.39, 0.29) is 4.77 Å². The maximum absolute atomic E-state index is 13.0. The number of nitrogens with one attached hydrogen (secondary N) is 3. The minimum Gasteiger partial charge on any atom is -0.327 e. The molecule has 3 heterocycles. The van der Waals surface area contributed by atoms with Crippen molar-refractivity contribution in [1.29, 1.82) is 0 Å². The molecule has 8 nitrogen and oxygen atoms in total. The Bertz CT molecular complexity index is 1320. The van der Waals surface area contributed by atoms with E-state index in [9.17, 15) is 14.4 Å². The largest absolute Gasteiger partial charge is 0.332 e. The smallest absolute Gasteiger partial charge is 0.327 e. The van der Waals surface area contributed by atoms with Gasteiger partial charge >= 0.3 is 5.69 Å². The van der Waals surface area contributed by atoms with Crippen molar-refractivity contribution in [1.82, 2.24) is 19.1 Å². The van der Waals surface area contributed by atoms with Gasteiger partial charge in [0.05, 0.1) is 17.0 Å². The number of rotatable bonds is 1. The summed E-state index contributed by atoms with van der Waals surface area (Å²) in [5.41, 5.74) is -0.0708. The molecule has 138 valence electrons. The van der Waals surface area contributed by atoms with E-state index >= 15 is 0 Å². The topological polar surface area (TPSA) is 105 Å². The molecule has 0 fully saturated rings. The van der Waals surface area contributed by atoms with Crippen molar-refractivity contribution in [2.24, 2.45) is 14.1 Å². The van der Waals surface area contributed by atoms with E-state index in [2.05, 4.69) is 15.3 Å². The highest BCUT2D eigenvalue weighted by molar-refractivity contribution is 7.71. The Morgan fingerprint density at radius 2 is 1.67 bits per heavy atom. The molecule has 4 rings (SSSR count). The number of hydrogen-bond acceptors (Lipinski definition) is 5. The molecule has 0 amide bonds. The first kappa shape index (κ1) is 17.5. The summed E-state index contributed by atoms with van der Waals surface area (Å²) in [7, 11) is 2.96. The average molecular weight is 404 g/mol. The monoisotopic (exact) mass is 403 g/mol. The lowest BCUT2D eigenvalue weighted by Crippen LogP contribution is -2.43. The minimum atomic E-state index is -0.699. The first-order valence-corrected chi connectivity index (χ1v) is 8.77. The first-order valence-electron chi connectivity index (χ1n) is 7.98. The van der Waals surface area contributed by atoms with Gasteiger partial charge in [-0.15, -0.1) is 0 Å². The van der Waals surface area contributed by atoms with Crippen LogP contribution in [0.5, 0.6) is 0 Å². The van der Waals surface area contributed by atoms with Crippen LogP contribution in [0.15, 0.2) is 38.6 Å². The van der Waals surface area contributed by atoms with Gasteiger partial charge in [-0.3, -0.25) is 23.7 Å². The average Bonchev–Trinajstić information content (AvgIpc) is 2.63. The number of aromatic nitrogens is 4. The summed E-state index contributed by atoms with van der Waals surface area (Å²) in [5.74, 6) is -0.0409. The minimum absolute atomic E-state index is 0.137. The van der Waals surface area contributed by atoms with E-state index in [0.717, 1.165) is 4.57 Å². The van der Waals surface area contributed by atoms with Crippen LogP contribution in [0.4, 0.5) is 11.6 Å². The van der Waals surface area contributed by atoms with E-state index in [1.807, 2.05) is 0 Å².